The number of nitrogens with one attached hydrogen (secondary N) is 2. The Balaban J connectivity index is 0.00000484. The van der Waals surface area contributed by atoms with Gasteiger partial charge in [0.15, 0.2) is 5.96 Å². The van der Waals surface area contributed by atoms with Crippen LogP contribution in [0.3, 0.4) is 0 Å². The van der Waals surface area contributed by atoms with Gasteiger partial charge in [-0.25, -0.2) is 0 Å². The lowest BCUT2D eigenvalue weighted by Gasteiger charge is -2.42. The number of hydrogen-bond acceptors (Lipinski definition) is 3. The van der Waals surface area contributed by atoms with Crippen LogP contribution in [0.2, 0.25) is 0 Å². The van der Waals surface area contributed by atoms with Crippen LogP contribution in [0.1, 0.15) is 47.5 Å². The SMILES string of the molecule is CCNC(=NCC(C)(C)N1CCCC(C)C1)NCCOCC.I. The average Bonchev–Trinajstić information content (AvgIpc) is 2.49. The number of hydrogen-bond donors (Lipinski definition) is 2. The van der Waals surface area contributed by atoms with E-state index in [1.165, 1.54) is 25.9 Å². The molecule has 5 nitrogen and oxygen atoms in total. The number of aliphatic imine (C=N–C) groups is 1. The van der Waals surface area contributed by atoms with Gasteiger partial charge in [-0.05, 0) is 53.0 Å². The molecule has 0 spiro atoms. The molecule has 6 heteroatoms. The van der Waals surface area contributed by atoms with Crippen molar-refractivity contribution in [1.82, 2.24) is 15.5 Å². The van der Waals surface area contributed by atoms with E-state index >= 15 is 0 Å². The van der Waals surface area contributed by atoms with Crippen LogP contribution in [0.4, 0.5) is 0 Å². The summed E-state index contributed by atoms with van der Waals surface area (Å²) < 4.78 is 5.36. The highest BCUT2D eigenvalue weighted by Gasteiger charge is 2.29. The Labute approximate surface area is 160 Å². The minimum absolute atomic E-state index is 0. The smallest absolute Gasteiger partial charge is 0.191 e. The molecular formula is C17H37IN4O. The topological polar surface area (TPSA) is 48.9 Å². The summed E-state index contributed by atoms with van der Waals surface area (Å²) in [6.07, 6.45) is 2.67. The quantitative estimate of drug-likeness (QED) is 0.264. The van der Waals surface area contributed by atoms with Crippen LogP contribution in [0.15, 0.2) is 4.99 Å². The van der Waals surface area contributed by atoms with Crippen LogP contribution in [-0.2, 0) is 4.74 Å². The second-order valence-electron chi connectivity index (χ2n) is 6.82. The minimum atomic E-state index is 0. The highest BCUT2D eigenvalue weighted by molar-refractivity contribution is 14.0. The summed E-state index contributed by atoms with van der Waals surface area (Å²) in [6, 6.07) is 0. The molecule has 1 rings (SSSR count). The molecule has 1 aliphatic heterocycles. The summed E-state index contributed by atoms with van der Waals surface area (Å²) in [6.45, 7) is 17.4. The highest BCUT2D eigenvalue weighted by atomic mass is 127. The van der Waals surface area contributed by atoms with Crippen molar-refractivity contribution in [1.29, 1.82) is 0 Å². The lowest BCUT2D eigenvalue weighted by molar-refractivity contribution is 0.0774. The highest BCUT2D eigenvalue weighted by Crippen LogP contribution is 2.23. The Morgan fingerprint density at radius 3 is 2.65 bits per heavy atom. The Bertz CT molecular complexity index is 337. The third kappa shape index (κ3) is 9.10. The molecule has 1 saturated heterocycles. The van der Waals surface area contributed by atoms with Crippen molar-refractivity contribution in [2.24, 2.45) is 10.9 Å². The van der Waals surface area contributed by atoms with Gasteiger partial charge in [0.2, 0.25) is 0 Å². The van der Waals surface area contributed by atoms with E-state index in [-0.39, 0.29) is 29.5 Å². The molecule has 0 aromatic heterocycles. The van der Waals surface area contributed by atoms with Crippen molar-refractivity contribution in [3.63, 3.8) is 0 Å². The molecule has 1 unspecified atom stereocenters. The second-order valence-corrected chi connectivity index (χ2v) is 6.82. The molecule has 0 aromatic rings. The van der Waals surface area contributed by atoms with Crippen LogP contribution in [0.5, 0.6) is 0 Å². The molecular weight excluding hydrogens is 403 g/mol. The van der Waals surface area contributed by atoms with Crippen molar-refractivity contribution in [3.05, 3.63) is 0 Å². The van der Waals surface area contributed by atoms with Gasteiger partial charge in [-0.3, -0.25) is 9.89 Å². The molecule has 138 valence electrons. The van der Waals surface area contributed by atoms with Crippen LogP contribution in [-0.4, -0.2) is 62.3 Å². The number of nitrogens with zero attached hydrogens (tertiary/aromatic N) is 2. The maximum Gasteiger partial charge on any atom is 0.191 e. The summed E-state index contributed by atoms with van der Waals surface area (Å²) >= 11 is 0. The van der Waals surface area contributed by atoms with E-state index < -0.39 is 0 Å². The number of rotatable bonds is 8. The molecule has 23 heavy (non-hydrogen) atoms. The van der Waals surface area contributed by atoms with Gasteiger partial charge in [-0.15, -0.1) is 24.0 Å². The molecule has 1 atom stereocenters. The van der Waals surface area contributed by atoms with Crippen LogP contribution < -0.4 is 10.6 Å². The second kappa shape index (κ2) is 12.3. The van der Waals surface area contributed by atoms with E-state index in [0.717, 1.165) is 38.1 Å². The zero-order chi connectivity index (χ0) is 16.4. The standard InChI is InChI=1S/C17H36N4O.HI/c1-6-18-16(19-10-12-22-7-2)20-14-17(4,5)21-11-8-9-15(3)13-21;/h15H,6-14H2,1-5H3,(H2,18,19,20);1H. The molecule has 1 heterocycles. The normalized spacial score (nSPS) is 20.0. The van der Waals surface area contributed by atoms with E-state index in [1.54, 1.807) is 0 Å². The Hall–Kier alpha value is -0.0800. The fourth-order valence-electron chi connectivity index (χ4n) is 2.84. The maximum absolute atomic E-state index is 5.36. The van der Waals surface area contributed by atoms with Gasteiger partial charge in [-0.2, -0.15) is 0 Å². The number of likely N-dealkylation sites (tertiary alicyclic amines) is 1. The van der Waals surface area contributed by atoms with Gasteiger partial charge < -0.3 is 15.4 Å². The van der Waals surface area contributed by atoms with Crippen molar-refractivity contribution in [2.45, 2.75) is 53.0 Å². The molecule has 0 radical (unpaired) electrons. The molecule has 0 aliphatic carbocycles. The number of ether oxygens (including phenoxy) is 1. The summed E-state index contributed by atoms with van der Waals surface area (Å²) in [4.78, 5) is 7.37. The van der Waals surface area contributed by atoms with Crippen LogP contribution in [0, 0.1) is 5.92 Å². The third-order valence-electron chi connectivity index (χ3n) is 4.22. The van der Waals surface area contributed by atoms with E-state index in [9.17, 15) is 0 Å². The zero-order valence-corrected chi connectivity index (χ0v) is 18.0. The van der Waals surface area contributed by atoms with E-state index in [0.29, 0.717) is 6.61 Å². The Morgan fingerprint density at radius 1 is 1.30 bits per heavy atom. The van der Waals surface area contributed by atoms with Crippen molar-refractivity contribution >= 4 is 29.9 Å². The summed E-state index contributed by atoms with van der Waals surface area (Å²) in [5.41, 5.74) is 0.108. The van der Waals surface area contributed by atoms with Crippen LogP contribution >= 0.6 is 24.0 Å². The Kier molecular flexibility index (Phi) is 12.3. The molecule has 0 saturated carbocycles. The molecule has 0 aromatic carbocycles. The first-order chi connectivity index (χ1) is 10.5. The van der Waals surface area contributed by atoms with Crippen molar-refractivity contribution in [2.75, 3.05) is 45.9 Å². The maximum atomic E-state index is 5.36. The zero-order valence-electron chi connectivity index (χ0n) is 15.7. The van der Waals surface area contributed by atoms with Crippen molar-refractivity contribution < 1.29 is 4.74 Å². The Morgan fingerprint density at radius 2 is 2.04 bits per heavy atom. The van der Waals surface area contributed by atoms with Crippen LogP contribution in [0.25, 0.3) is 0 Å². The fourth-order valence-corrected chi connectivity index (χ4v) is 2.84. The first-order valence-corrected chi connectivity index (χ1v) is 8.84. The third-order valence-corrected chi connectivity index (χ3v) is 4.22. The largest absolute Gasteiger partial charge is 0.380 e. The summed E-state index contributed by atoms with van der Waals surface area (Å²) in [7, 11) is 0. The van der Waals surface area contributed by atoms with E-state index in [2.05, 4.69) is 43.2 Å². The van der Waals surface area contributed by atoms with Gasteiger partial charge in [0.1, 0.15) is 0 Å². The predicted octanol–water partition coefficient (Wildman–Crippen LogP) is 2.71. The van der Waals surface area contributed by atoms with E-state index in [1.807, 2.05) is 6.92 Å². The summed E-state index contributed by atoms with van der Waals surface area (Å²) in [5.74, 6) is 1.69. The lowest BCUT2D eigenvalue weighted by Crippen LogP contribution is -2.51. The lowest BCUT2D eigenvalue weighted by atomic mass is 9.94. The molecule has 0 amide bonds. The number of halogens is 1. The predicted molar refractivity (Wildman–Crippen MR) is 110 cm³/mol. The van der Waals surface area contributed by atoms with Gasteiger partial charge in [0, 0.05) is 31.8 Å². The monoisotopic (exact) mass is 440 g/mol. The van der Waals surface area contributed by atoms with Gasteiger partial charge in [0.05, 0.1) is 13.2 Å². The van der Waals surface area contributed by atoms with Gasteiger partial charge in [-0.1, -0.05) is 6.92 Å². The first-order valence-electron chi connectivity index (χ1n) is 8.84. The molecule has 2 N–H and O–H groups in total. The molecule has 1 fully saturated rings. The first kappa shape index (κ1) is 22.9. The fraction of sp³-hybridized carbons (Fsp3) is 0.941. The molecule has 0 bridgehead atoms. The van der Waals surface area contributed by atoms with Crippen molar-refractivity contribution in [3.8, 4) is 0 Å². The van der Waals surface area contributed by atoms with E-state index in [4.69, 9.17) is 9.73 Å². The molecule has 1 aliphatic rings. The number of piperidine rings is 1. The van der Waals surface area contributed by atoms with Gasteiger partial charge >= 0.3 is 0 Å². The minimum Gasteiger partial charge on any atom is -0.380 e. The number of guanidine groups is 1. The van der Waals surface area contributed by atoms with Gasteiger partial charge in [0.25, 0.3) is 0 Å². The average molecular weight is 440 g/mol. The summed E-state index contributed by atoms with van der Waals surface area (Å²) in [5, 5.41) is 6.64.